The third-order valence-corrected chi connectivity index (χ3v) is 3.18. The predicted molar refractivity (Wildman–Crippen MR) is 68.8 cm³/mol. The fourth-order valence-electron chi connectivity index (χ4n) is 1.69. The summed E-state index contributed by atoms with van der Waals surface area (Å²) >= 11 is 12.0. The normalized spacial score (nSPS) is 11.6. The number of pyridine rings is 1. The molecule has 3 rings (SSSR count). The first-order chi connectivity index (χ1) is 8.70. The molecule has 1 aromatic carbocycles. The highest BCUT2D eigenvalue weighted by Gasteiger charge is 2.24. The van der Waals surface area contributed by atoms with E-state index in [9.17, 15) is 0 Å². The fraction of sp³-hybridized carbons (Fsp3) is 0. The van der Waals surface area contributed by atoms with Gasteiger partial charge in [0, 0.05) is 0 Å². The van der Waals surface area contributed by atoms with Gasteiger partial charge in [-0.25, -0.2) is 0 Å². The van der Waals surface area contributed by atoms with Crippen LogP contribution in [0.3, 0.4) is 0 Å². The van der Waals surface area contributed by atoms with Crippen LogP contribution < -0.4 is 10.1 Å². The number of fused-ring (bicyclic) bond motifs is 2. The van der Waals surface area contributed by atoms with Crippen LogP contribution in [0.5, 0.6) is 11.6 Å². The van der Waals surface area contributed by atoms with Crippen molar-refractivity contribution in [2.75, 3.05) is 5.32 Å². The summed E-state index contributed by atoms with van der Waals surface area (Å²) in [4.78, 5) is 4.02. The minimum absolute atomic E-state index is 0.0300. The maximum atomic E-state index is 8.97. The molecule has 2 aromatic rings. The van der Waals surface area contributed by atoms with Crippen LogP contribution in [0.2, 0.25) is 10.2 Å². The summed E-state index contributed by atoms with van der Waals surface area (Å²) in [7, 11) is 0. The molecule has 0 bridgehead atoms. The van der Waals surface area contributed by atoms with Crippen LogP contribution in [-0.2, 0) is 0 Å². The number of anilines is 2. The van der Waals surface area contributed by atoms with Gasteiger partial charge in [-0.2, -0.15) is 10.2 Å². The lowest BCUT2D eigenvalue weighted by atomic mass is 10.2. The lowest BCUT2D eigenvalue weighted by Gasteiger charge is -2.22. The van der Waals surface area contributed by atoms with Gasteiger partial charge < -0.3 is 10.1 Å². The molecule has 0 spiro atoms. The molecule has 88 valence electrons. The molecule has 0 amide bonds. The largest absolute Gasteiger partial charge is 0.435 e. The summed E-state index contributed by atoms with van der Waals surface area (Å²) < 4.78 is 5.59. The molecule has 0 saturated heterocycles. The SMILES string of the molecule is N#Cc1c(Cl)nc2c(c1Cl)Nc1ccccc1O2. The van der Waals surface area contributed by atoms with Crippen LogP contribution in [0.25, 0.3) is 0 Å². The summed E-state index contributed by atoms with van der Waals surface area (Å²) in [6.45, 7) is 0. The third kappa shape index (κ3) is 1.57. The summed E-state index contributed by atoms with van der Waals surface area (Å²) in [6.07, 6.45) is 0. The molecule has 2 heterocycles. The molecule has 1 N–H and O–H groups in total. The highest BCUT2D eigenvalue weighted by molar-refractivity contribution is 6.38. The van der Waals surface area contributed by atoms with E-state index in [0.717, 1.165) is 5.69 Å². The number of hydrogen-bond acceptors (Lipinski definition) is 4. The van der Waals surface area contributed by atoms with Crippen LogP contribution in [0.1, 0.15) is 5.56 Å². The first-order valence-electron chi connectivity index (χ1n) is 5.03. The second-order valence-electron chi connectivity index (χ2n) is 3.61. The Morgan fingerprint density at radius 1 is 1.28 bits per heavy atom. The monoisotopic (exact) mass is 277 g/mol. The smallest absolute Gasteiger partial charge is 0.246 e. The van der Waals surface area contributed by atoms with Crippen molar-refractivity contribution in [2.24, 2.45) is 0 Å². The fourth-order valence-corrected chi connectivity index (χ4v) is 2.21. The molecule has 1 aromatic heterocycles. The molecule has 0 radical (unpaired) electrons. The standard InChI is InChI=1S/C12H5Cl2N3O/c13-9-6(5-15)11(14)17-12-10(9)16-7-3-1-2-4-8(7)18-12/h1-4,16H. The van der Waals surface area contributed by atoms with Gasteiger partial charge in [-0.15, -0.1) is 0 Å². The lowest BCUT2D eigenvalue weighted by molar-refractivity contribution is 0.461. The van der Waals surface area contributed by atoms with Crippen molar-refractivity contribution in [3.63, 3.8) is 0 Å². The maximum Gasteiger partial charge on any atom is 0.246 e. The van der Waals surface area contributed by atoms with Crippen LogP contribution in [0.4, 0.5) is 11.4 Å². The molecule has 1 aliphatic heterocycles. The number of hydrogen-bond donors (Lipinski definition) is 1. The number of aromatic nitrogens is 1. The molecule has 0 aliphatic carbocycles. The zero-order valence-corrected chi connectivity index (χ0v) is 10.4. The molecule has 0 atom stereocenters. The van der Waals surface area contributed by atoms with E-state index in [0.29, 0.717) is 11.4 Å². The molecule has 6 heteroatoms. The molecule has 1 aliphatic rings. The number of benzene rings is 1. The van der Waals surface area contributed by atoms with E-state index in [1.54, 1.807) is 6.07 Å². The van der Waals surface area contributed by atoms with Gasteiger partial charge in [0.25, 0.3) is 0 Å². The Balaban J connectivity index is 2.20. The van der Waals surface area contributed by atoms with Gasteiger partial charge in [-0.05, 0) is 12.1 Å². The van der Waals surface area contributed by atoms with Crippen molar-refractivity contribution < 1.29 is 4.74 Å². The zero-order chi connectivity index (χ0) is 12.7. The first kappa shape index (κ1) is 11.1. The van der Waals surface area contributed by atoms with Crippen LogP contribution in [-0.4, -0.2) is 4.98 Å². The van der Waals surface area contributed by atoms with Gasteiger partial charge in [0.15, 0.2) is 10.9 Å². The van der Waals surface area contributed by atoms with Gasteiger partial charge in [-0.1, -0.05) is 35.3 Å². The highest BCUT2D eigenvalue weighted by atomic mass is 35.5. The van der Waals surface area contributed by atoms with E-state index in [2.05, 4.69) is 10.3 Å². The summed E-state index contributed by atoms with van der Waals surface area (Å²) in [5.41, 5.74) is 1.35. The second-order valence-corrected chi connectivity index (χ2v) is 4.34. The Morgan fingerprint density at radius 3 is 2.83 bits per heavy atom. The Hall–Kier alpha value is -1.96. The second kappa shape index (κ2) is 4.05. The van der Waals surface area contributed by atoms with Crippen LogP contribution in [0, 0.1) is 11.3 Å². The molecule has 0 unspecified atom stereocenters. The van der Waals surface area contributed by atoms with Crippen LogP contribution in [0.15, 0.2) is 24.3 Å². The quantitative estimate of drug-likeness (QED) is 0.629. The average Bonchev–Trinajstić information content (AvgIpc) is 2.37. The number of rotatable bonds is 0. The van der Waals surface area contributed by atoms with Gasteiger partial charge in [0.05, 0.1) is 10.7 Å². The number of nitrogens with one attached hydrogen (secondary N) is 1. The van der Waals surface area contributed by atoms with Gasteiger partial charge in [0.1, 0.15) is 17.3 Å². The highest BCUT2D eigenvalue weighted by Crippen LogP contribution is 2.46. The zero-order valence-electron chi connectivity index (χ0n) is 8.87. The van der Waals surface area contributed by atoms with Gasteiger partial charge >= 0.3 is 0 Å². The predicted octanol–water partition coefficient (Wildman–Crippen LogP) is 4.11. The molecule has 0 fully saturated rings. The number of nitrogens with zero attached hydrogens (tertiary/aromatic N) is 2. The van der Waals surface area contributed by atoms with E-state index < -0.39 is 0 Å². The first-order valence-corrected chi connectivity index (χ1v) is 5.79. The topological polar surface area (TPSA) is 57.9 Å². The van der Waals surface area contributed by atoms with Crippen molar-refractivity contribution >= 4 is 34.6 Å². The van der Waals surface area contributed by atoms with Gasteiger partial charge in [-0.3, -0.25) is 0 Å². The third-order valence-electron chi connectivity index (χ3n) is 2.52. The average molecular weight is 278 g/mol. The van der Waals surface area contributed by atoms with E-state index in [4.69, 9.17) is 33.2 Å². The molecule has 0 saturated carbocycles. The van der Waals surface area contributed by atoms with Gasteiger partial charge in [0.2, 0.25) is 5.88 Å². The minimum Gasteiger partial charge on any atom is -0.435 e. The van der Waals surface area contributed by atoms with Crippen molar-refractivity contribution in [2.45, 2.75) is 0 Å². The number of ether oxygens (including phenoxy) is 1. The van der Waals surface area contributed by atoms with Crippen molar-refractivity contribution in [1.82, 2.24) is 4.98 Å². The van der Waals surface area contributed by atoms with Crippen molar-refractivity contribution in [1.29, 1.82) is 5.26 Å². The summed E-state index contributed by atoms with van der Waals surface area (Å²) in [5.74, 6) is 0.900. The summed E-state index contributed by atoms with van der Waals surface area (Å²) in [5, 5.41) is 12.3. The lowest BCUT2D eigenvalue weighted by Crippen LogP contribution is -2.06. The Kier molecular flexibility index (Phi) is 2.51. The molecular formula is C12H5Cl2N3O. The summed E-state index contributed by atoms with van der Waals surface area (Å²) in [6, 6.07) is 9.27. The molecule has 18 heavy (non-hydrogen) atoms. The number of halogens is 2. The van der Waals surface area contributed by atoms with Crippen LogP contribution >= 0.6 is 23.2 Å². The Morgan fingerprint density at radius 2 is 2.06 bits per heavy atom. The maximum absolute atomic E-state index is 8.97. The number of para-hydroxylation sites is 2. The van der Waals surface area contributed by atoms with E-state index in [-0.39, 0.29) is 21.6 Å². The Labute approximate surface area is 113 Å². The van der Waals surface area contributed by atoms with E-state index in [1.807, 2.05) is 24.3 Å². The van der Waals surface area contributed by atoms with Crippen molar-refractivity contribution in [3.05, 3.63) is 40.0 Å². The molecular weight excluding hydrogens is 273 g/mol. The van der Waals surface area contributed by atoms with Crippen molar-refractivity contribution in [3.8, 4) is 17.7 Å². The Bertz CT molecular complexity index is 694. The van der Waals surface area contributed by atoms with E-state index >= 15 is 0 Å². The van der Waals surface area contributed by atoms with E-state index in [1.165, 1.54) is 0 Å². The minimum atomic E-state index is 0.0300. The molecule has 4 nitrogen and oxygen atoms in total. The number of nitriles is 1.